The molecule has 0 aliphatic carbocycles. The molecule has 0 aromatic carbocycles. The maximum atomic E-state index is 12.8. The van der Waals surface area contributed by atoms with E-state index in [1.54, 1.807) is 0 Å². The molecule has 1 saturated heterocycles. The van der Waals surface area contributed by atoms with Crippen LogP contribution in [0.2, 0.25) is 0 Å². The van der Waals surface area contributed by atoms with E-state index >= 15 is 0 Å². The first-order chi connectivity index (χ1) is 29.5. The molecular formula is C48H90O12S. The number of hydrogen-bond acceptors (Lipinski definition) is 11. The number of allylic oxidation sites excluding steroid dienone is 2. The summed E-state index contributed by atoms with van der Waals surface area (Å²) < 4.78 is 54.1. The summed E-state index contributed by atoms with van der Waals surface area (Å²) >= 11 is 0. The van der Waals surface area contributed by atoms with E-state index in [0.29, 0.717) is 12.8 Å². The predicted octanol–water partition coefficient (Wildman–Crippen LogP) is 10.6. The molecule has 1 fully saturated rings. The number of unbranched alkanes of at least 4 members (excludes halogenated alkanes) is 28. The second kappa shape index (κ2) is 38.8. The molecule has 61 heavy (non-hydrogen) atoms. The van der Waals surface area contributed by atoms with Gasteiger partial charge in [0.2, 0.25) is 0 Å². The zero-order chi connectivity index (χ0) is 44.8. The van der Waals surface area contributed by atoms with E-state index in [-0.39, 0.29) is 19.4 Å². The summed E-state index contributed by atoms with van der Waals surface area (Å²) in [6.45, 7) is 3.77. The Morgan fingerprint density at radius 2 is 0.934 bits per heavy atom. The lowest BCUT2D eigenvalue weighted by Gasteiger charge is -2.40. The van der Waals surface area contributed by atoms with Gasteiger partial charge in [0.25, 0.3) is 10.1 Å². The van der Waals surface area contributed by atoms with Gasteiger partial charge < -0.3 is 34.3 Å². The minimum absolute atomic E-state index is 0.148. The molecule has 0 radical (unpaired) electrons. The van der Waals surface area contributed by atoms with Gasteiger partial charge in [0, 0.05) is 12.8 Å². The topological polar surface area (TPSA) is 186 Å². The Hall–Kier alpha value is -1.61. The number of hydrogen-bond donors (Lipinski definition) is 4. The van der Waals surface area contributed by atoms with Crippen molar-refractivity contribution < 1.29 is 56.8 Å². The molecule has 0 saturated carbocycles. The number of aliphatic hydroxyl groups excluding tert-OH is 3. The Morgan fingerprint density at radius 1 is 0.541 bits per heavy atom. The van der Waals surface area contributed by atoms with Crippen LogP contribution in [0.3, 0.4) is 0 Å². The van der Waals surface area contributed by atoms with Crippen LogP contribution in [-0.4, -0.2) is 96.0 Å². The van der Waals surface area contributed by atoms with Crippen LogP contribution in [0.15, 0.2) is 12.2 Å². The minimum Gasteiger partial charge on any atom is -0.462 e. The highest BCUT2D eigenvalue weighted by Crippen LogP contribution is 2.24. The van der Waals surface area contributed by atoms with Crippen LogP contribution in [0, 0.1) is 0 Å². The number of carbonyl (C=O) groups is 2. The molecule has 12 nitrogen and oxygen atoms in total. The molecule has 1 heterocycles. The summed E-state index contributed by atoms with van der Waals surface area (Å²) in [5.74, 6) is -1.99. The summed E-state index contributed by atoms with van der Waals surface area (Å²) in [6.07, 6.45) is 32.6. The molecule has 6 atom stereocenters. The molecule has 0 bridgehead atoms. The fourth-order valence-electron chi connectivity index (χ4n) is 7.73. The molecule has 1 aliphatic rings. The van der Waals surface area contributed by atoms with Gasteiger partial charge in [-0.05, 0) is 38.5 Å². The number of esters is 2. The second-order valence-electron chi connectivity index (χ2n) is 17.5. The van der Waals surface area contributed by atoms with E-state index in [2.05, 4.69) is 26.0 Å². The summed E-state index contributed by atoms with van der Waals surface area (Å²) in [7, 11) is -4.60. The quantitative estimate of drug-likeness (QED) is 0.0197. The van der Waals surface area contributed by atoms with Crippen molar-refractivity contribution in [1.82, 2.24) is 0 Å². The van der Waals surface area contributed by atoms with Crippen molar-refractivity contribution >= 4 is 22.1 Å². The fourth-order valence-corrected chi connectivity index (χ4v) is 8.42. The lowest BCUT2D eigenvalue weighted by Crippen LogP contribution is -2.60. The van der Waals surface area contributed by atoms with Gasteiger partial charge in [-0.15, -0.1) is 0 Å². The Labute approximate surface area is 371 Å². The maximum absolute atomic E-state index is 12.8. The maximum Gasteiger partial charge on any atom is 0.306 e. The Kier molecular flexibility index (Phi) is 36.5. The van der Waals surface area contributed by atoms with Crippen LogP contribution in [0.5, 0.6) is 0 Å². The SMILES string of the molecule is CCCCCCCC/C=C/CCCCCC(=O)O[C@H](COC(=O)CCCCCCCCCCCCCCCCCCCCCC)CO[C@H]1O[C@H](CS(=O)(=O)O)[C@@H](O)C(O)C1O. The van der Waals surface area contributed by atoms with Crippen molar-refractivity contribution in [3.63, 3.8) is 0 Å². The molecule has 360 valence electrons. The van der Waals surface area contributed by atoms with Crippen molar-refractivity contribution in [1.29, 1.82) is 0 Å². The number of ether oxygens (including phenoxy) is 4. The lowest BCUT2D eigenvalue weighted by atomic mass is 10.00. The van der Waals surface area contributed by atoms with E-state index in [1.807, 2.05) is 0 Å². The van der Waals surface area contributed by atoms with Gasteiger partial charge in [-0.3, -0.25) is 14.1 Å². The highest BCUT2D eigenvalue weighted by Gasteiger charge is 2.46. The average Bonchev–Trinajstić information content (AvgIpc) is 3.22. The fraction of sp³-hybridized carbons (Fsp3) is 0.917. The molecule has 2 unspecified atom stereocenters. The third kappa shape index (κ3) is 33.6. The van der Waals surface area contributed by atoms with Crippen LogP contribution >= 0.6 is 0 Å². The third-order valence-corrected chi connectivity index (χ3v) is 12.3. The van der Waals surface area contributed by atoms with Crippen molar-refractivity contribution in [2.75, 3.05) is 19.0 Å². The first-order valence-electron chi connectivity index (χ1n) is 24.7. The largest absolute Gasteiger partial charge is 0.462 e. The van der Waals surface area contributed by atoms with Crippen molar-refractivity contribution in [3.8, 4) is 0 Å². The normalized spacial score (nSPS) is 20.0. The van der Waals surface area contributed by atoms with Crippen molar-refractivity contribution in [3.05, 3.63) is 12.2 Å². The van der Waals surface area contributed by atoms with Crippen molar-refractivity contribution in [2.45, 2.75) is 263 Å². The summed E-state index contributed by atoms with van der Waals surface area (Å²) in [5, 5.41) is 30.9. The Balaban J connectivity index is 2.36. The van der Waals surface area contributed by atoms with Crippen LogP contribution in [-0.2, 0) is 38.7 Å². The van der Waals surface area contributed by atoms with E-state index in [0.717, 1.165) is 44.9 Å². The smallest absolute Gasteiger partial charge is 0.306 e. The number of carbonyl (C=O) groups excluding carboxylic acids is 2. The van der Waals surface area contributed by atoms with E-state index < -0.39 is 71.2 Å². The van der Waals surface area contributed by atoms with Crippen LogP contribution in [0.4, 0.5) is 0 Å². The molecule has 0 spiro atoms. The summed E-state index contributed by atoms with van der Waals surface area (Å²) in [5.41, 5.74) is 0. The monoisotopic (exact) mass is 891 g/mol. The van der Waals surface area contributed by atoms with Gasteiger partial charge in [-0.25, -0.2) is 0 Å². The summed E-state index contributed by atoms with van der Waals surface area (Å²) in [6, 6.07) is 0. The van der Waals surface area contributed by atoms with Crippen LogP contribution < -0.4 is 0 Å². The average molecular weight is 891 g/mol. The standard InChI is InChI=1S/C48H90O12S/c1-3-5-7-9-11-13-15-17-18-19-20-21-22-23-25-26-28-30-32-34-36-43(49)57-38-41(39-58-48-47(53)46(52)45(51)42(60-48)40-61(54,55)56)59-44(50)37-35-33-31-29-27-24-16-14-12-10-8-6-4-2/h24,27,41-42,45-48,51-53H,3-23,25-26,28-40H2,1-2H3,(H,54,55,56)/b27-24+/t41-,42-,45-,46?,47?,48+/m1/s1. The first-order valence-corrected chi connectivity index (χ1v) is 26.4. The second-order valence-corrected chi connectivity index (χ2v) is 19.0. The highest BCUT2D eigenvalue weighted by molar-refractivity contribution is 7.85. The number of rotatable bonds is 42. The van der Waals surface area contributed by atoms with Gasteiger partial charge in [0.1, 0.15) is 36.8 Å². The molecule has 1 aliphatic heterocycles. The number of aliphatic hydroxyl groups is 3. The Bertz CT molecular complexity index is 1180. The molecule has 4 N–H and O–H groups in total. The predicted molar refractivity (Wildman–Crippen MR) is 243 cm³/mol. The summed E-state index contributed by atoms with van der Waals surface area (Å²) in [4.78, 5) is 25.4. The van der Waals surface area contributed by atoms with Crippen LogP contribution in [0.1, 0.15) is 226 Å². The van der Waals surface area contributed by atoms with E-state index in [9.17, 15) is 37.9 Å². The van der Waals surface area contributed by atoms with E-state index in [4.69, 9.17) is 18.9 Å². The molecule has 13 heteroatoms. The van der Waals surface area contributed by atoms with Gasteiger partial charge in [-0.1, -0.05) is 187 Å². The van der Waals surface area contributed by atoms with Crippen LogP contribution in [0.25, 0.3) is 0 Å². The van der Waals surface area contributed by atoms with Gasteiger partial charge >= 0.3 is 11.9 Å². The van der Waals surface area contributed by atoms with Gasteiger partial charge in [-0.2, -0.15) is 8.42 Å². The molecular weight excluding hydrogens is 801 g/mol. The zero-order valence-electron chi connectivity index (χ0n) is 38.5. The third-order valence-electron chi connectivity index (χ3n) is 11.6. The van der Waals surface area contributed by atoms with Gasteiger partial charge in [0.05, 0.1) is 6.61 Å². The first kappa shape index (κ1) is 57.4. The molecule has 0 aromatic rings. The lowest BCUT2D eigenvalue weighted by molar-refractivity contribution is -0.297. The minimum atomic E-state index is -4.60. The van der Waals surface area contributed by atoms with Gasteiger partial charge in [0.15, 0.2) is 12.4 Å². The Morgan fingerprint density at radius 3 is 1.38 bits per heavy atom. The molecule has 1 rings (SSSR count). The molecule has 0 aromatic heterocycles. The van der Waals surface area contributed by atoms with Crippen molar-refractivity contribution in [2.24, 2.45) is 0 Å². The molecule has 0 amide bonds. The highest BCUT2D eigenvalue weighted by atomic mass is 32.2. The zero-order valence-corrected chi connectivity index (χ0v) is 39.4. The van der Waals surface area contributed by atoms with E-state index in [1.165, 1.54) is 141 Å².